The quantitative estimate of drug-likeness (QED) is 0.887. The fraction of sp³-hybridized carbons (Fsp3) is 0.188. The molecular weight excluding hydrogens is 274 g/mol. The highest BCUT2D eigenvalue weighted by atomic mass is 19.1. The lowest BCUT2D eigenvalue weighted by Gasteiger charge is -2.14. The zero-order chi connectivity index (χ0) is 15.2. The molecule has 0 heterocycles. The second kappa shape index (κ2) is 6.95. The monoisotopic (exact) mass is 290 g/mol. The van der Waals surface area contributed by atoms with Crippen molar-refractivity contribution in [2.24, 2.45) is 0 Å². The number of benzene rings is 2. The maximum absolute atomic E-state index is 13.1. The van der Waals surface area contributed by atoms with Gasteiger partial charge in [-0.2, -0.15) is 0 Å². The van der Waals surface area contributed by atoms with Crippen molar-refractivity contribution >= 4 is 11.6 Å². The van der Waals surface area contributed by atoms with Gasteiger partial charge in [-0.05, 0) is 42.8 Å². The third-order valence-electron chi connectivity index (χ3n) is 3.03. The first-order valence-electron chi connectivity index (χ1n) is 6.59. The van der Waals surface area contributed by atoms with Crippen LogP contribution in [0.2, 0.25) is 0 Å². The van der Waals surface area contributed by atoms with Gasteiger partial charge in [-0.25, -0.2) is 8.78 Å². The second-order valence-corrected chi connectivity index (χ2v) is 4.72. The van der Waals surface area contributed by atoms with Crippen molar-refractivity contribution in [3.05, 3.63) is 65.7 Å². The summed E-state index contributed by atoms with van der Waals surface area (Å²) in [7, 11) is 0. The summed E-state index contributed by atoms with van der Waals surface area (Å²) in [6, 6.07) is 11.7. The van der Waals surface area contributed by atoms with Gasteiger partial charge in [0.05, 0.1) is 6.54 Å². The molecule has 110 valence electrons. The molecule has 21 heavy (non-hydrogen) atoms. The normalized spacial score (nSPS) is 12.0. The van der Waals surface area contributed by atoms with E-state index in [1.807, 2.05) is 6.92 Å². The van der Waals surface area contributed by atoms with Crippen LogP contribution in [0.1, 0.15) is 18.5 Å². The summed E-state index contributed by atoms with van der Waals surface area (Å²) >= 11 is 0. The third-order valence-corrected chi connectivity index (χ3v) is 3.03. The maximum atomic E-state index is 13.1. The van der Waals surface area contributed by atoms with Crippen molar-refractivity contribution in [3.63, 3.8) is 0 Å². The molecule has 0 spiro atoms. The predicted molar refractivity (Wildman–Crippen MR) is 77.8 cm³/mol. The molecule has 1 unspecified atom stereocenters. The van der Waals surface area contributed by atoms with E-state index in [4.69, 9.17) is 0 Å². The van der Waals surface area contributed by atoms with Crippen LogP contribution >= 0.6 is 0 Å². The van der Waals surface area contributed by atoms with Gasteiger partial charge in [-0.15, -0.1) is 0 Å². The standard InChI is InChI=1S/C16H16F2N2O/c1-11(12-4-2-5-13(17)8-12)19-10-16(21)20-15-7-3-6-14(18)9-15/h2-9,11,19H,10H2,1H3,(H,20,21). The molecule has 0 saturated heterocycles. The van der Waals surface area contributed by atoms with Crippen LogP contribution in [0.3, 0.4) is 0 Å². The lowest BCUT2D eigenvalue weighted by molar-refractivity contribution is -0.115. The molecule has 3 nitrogen and oxygen atoms in total. The first kappa shape index (κ1) is 15.1. The van der Waals surface area contributed by atoms with Crippen LogP contribution in [0.25, 0.3) is 0 Å². The molecular formula is C16H16F2N2O. The highest BCUT2D eigenvalue weighted by Crippen LogP contribution is 2.13. The number of hydrogen-bond donors (Lipinski definition) is 2. The van der Waals surface area contributed by atoms with Crippen LogP contribution < -0.4 is 10.6 Å². The van der Waals surface area contributed by atoms with Crippen molar-refractivity contribution < 1.29 is 13.6 Å². The van der Waals surface area contributed by atoms with E-state index in [1.54, 1.807) is 18.2 Å². The van der Waals surface area contributed by atoms with Gasteiger partial charge in [-0.1, -0.05) is 18.2 Å². The van der Waals surface area contributed by atoms with Crippen LogP contribution in [0, 0.1) is 11.6 Å². The summed E-state index contributed by atoms with van der Waals surface area (Å²) in [5.41, 5.74) is 1.16. The largest absolute Gasteiger partial charge is 0.325 e. The van der Waals surface area contributed by atoms with Crippen LogP contribution in [-0.4, -0.2) is 12.5 Å². The first-order chi connectivity index (χ1) is 10.0. The molecule has 0 aromatic heterocycles. The SMILES string of the molecule is CC(NCC(=O)Nc1cccc(F)c1)c1cccc(F)c1. The molecule has 0 aliphatic rings. The van der Waals surface area contributed by atoms with Crippen LogP contribution in [0.5, 0.6) is 0 Å². The summed E-state index contributed by atoms with van der Waals surface area (Å²) in [4.78, 5) is 11.8. The average molecular weight is 290 g/mol. The minimum atomic E-state index is -0.408. The summed E-state index contributed by atoms with van der Waals surface area (Å²) in [6.45, 7) is 1.89. The Morgan fingerprint density at radius 2 is 1.76 bits per heavy atom. The Hall–Kier alpha value is -2.27. The Labute approximate surface area is 122 Å². The number of amides is 1. The number of carbonyl (C=O) groups excluding carboxylic acids is 1. The van der Waals surface area contributed by atoms with E-state index in [1.165, 1.54) is 30.3 Å². The molecule has 0 saturated carbocycles. The average Bonchev–Trinajstić information content (AvgIpc) is 2.45. The first-order valence-corrected chi connectivity index (χ1v) is 6.59. The van der Waals surface area contributed by atoms with Crippen molar-refractivity contribution in [3.8, 4) is 0 Å². The molecule has 2 N–H and O–H groups in total. The van der Waals surface area contributed by atoms with Crippen molar-refractivity contribution in [2.45, 2.75) is 13.0 Å². The van der Waals surface area contributed by atoms with Crippen LogP contribution in [0.4, 0.5) is 14.5 Å². The number of nitrogens with one attached hydrogen (secondary N) is 2. The highest BCUT2D eigenvalue weighted by molar-refractivity contribution is 5.92. The summed E-state index contributed by atoms with van der Waals surface area (Å²) in [5.74, 6) is -1.01. The Kier molecular flexibility index (Phi) is 5.00. The Morgan fingerprint density at radius 3 is 2.43 bits per heavy atom. The molecule has 0 aliphatic carbocycles. The number of rotatable bonds is 5. The highest BCUT2D eigenvalue weighted by Gasteiger charge is 2.08. The van der Waals surface area contributed by atoms with E-state index in [0.29, 0.717) is 5.69 Å². The van der Waals surface area contributed by atoms with Crippen LogP contribution in [-0.2, 0) is 4.79 Å². The molecule has 0 aliphatic heterocycles. The lowest BCUT2D eigenvalue weighted by atomic mass is 10.1. The maximum Gasteiger partial charge on any atom is 0.238 e. The lowest BCUT2D eigenvalue weighted by Crippen LogP contribution is -2.30. The van der Waals surface area contributed by atoms with Gasteiger partial charge in [0.25, 0.3) is 0 Å². The fourth-order valence-corrected chi connectivity index (χ4v) is 1.91. The van der Waals surface area contributed by atoms with Crippen molar-refractivity contribution in [1.29, 1.82) is 0 Å². The zero-order valence-electron chi connectivity index (χ0n) is 11.6. The van der Waals surface area contributed by atoms with Gasteiger partial charge in [0.2, 0.25) is 5.91 Å². The molecule has 0 bridgehead atoms. The minimum absolute atomic E-state index is 0.0498. The van der Waals surface area contributed by atoms with Crippen LogP contribution in [0.15, 0.2) is 48.5 Å². The summed E-state index contributed by atoms with van der Waals surface area (Å²) in [5, 5.41) is 5.57. The van der Waals surface area contributed by atoms with Crippen molar-refractivity contribution in [1.82, 2.24) is 5.32 Å². The number of halogens is 2. The Balaban J connectivity index is 1.86. The summed E-state index contributed by atoms with van der Waals surface area (Å²) in [6.07, 6.45) is 0. The molecule has 1 amide bonds. The minimum Gasteiger partial charge on any atom is -0.325 e. The molecule has 2 rings (SSSR count). The van der Waals surface area contributed by atoms with E-state index in [-0.39, 0.29) is 24.3 Å². The van der Waals surface area contributed by atoms with E-state index >= 15 is 0 Å². The molecule has 0 radical (unpaired) electrons. The molecule has 2 aromatic rings. The third kappa shape index (κ3) is 4.65. The van der Waals surface area contributed by atoms with E-state index in [9.17, 15) is 13.6 Å². The second-order valence-electron chi connectivity index (χ2n) is 4.72. The molecule has 1 atom stereocenters. The predicted octanol–water partition coefficient (Wildman–Crippen LogP) is 3.25. The summed E-state index contributed by atoms with van der Waals surface area (Å²) < 4.78 is 26.1. The fourth-order valence-electron chi connectivity index (χ4n) is 1.91. The number of anilines is 1. The Bertz CT molecular complexity index is 631. The smallest absolute Gasteiger partial charge is 0.238 e. The molecule has 5 heteroatoms. The number of carbonyl (C=O) groups is 1. The molecule has 0 fully saturated rings. The van der Waals surface area contributed by atoms with Gasteiger partial charge in [0.1, 0.15) is 11.6 Å². The Morgan fingerprint density at radius 1 is 1.10 bits per heavy atom. The number of hydrogen-bond acceptors (Lipinski definition) is 2. The topological polar surface area (TPSA) is 41.1 Å². The van der Waals surface area contributed by atoms with Gasteiger partial charge < -0.3 is 10.6 Å². The van der Waals surface area contributed by atoms with E-state index < -0.39 is 5.82 Å². The van der Waals surface area contributed by atoms with Gasteiger partial charge >= 0.3 is 0 Å². The van der Waals surface area contributed by atoms with E-state index in [2.05, 4.69) is 10.6 Å². The van der Waals surface area contributed by atoms with Gasteiger partial charge in [0.15, 0.2) is 0 Å². The van der Waals surface area contributed by atoms with E-state index in [0.717, 1.165) is 5.56 Å². The van der Waals surface area contributed by atoms with Crippen molar-refractivity contribution in [2.75, 3.05) is 11.9 Å². The van der Waals surface area contributed by atoms with Gasteiger partial charge in [0, 0.05) is 11.7 Å². The zero-order valence-corrected chi connectivity index (χ0v) is 11.6. The molecule has 2 aromatic carbocycles. The van der Waals surface area contributed by atoms with Gasteiger partial charge in [-0.3, -0.25) is 4.79 Å².